The van der Waals surface area contributed by atoms with E-state index >= 15 is 0 Å². The van der Waals surface area contributed by atoms with Gasteiger partial charge in [-0.15, -0.1) is 0 Å². The molecule has 0 unspecified atom stereocenters. The predicted molar refractivity (Wildman–Crippen MR) is 57.5 cm³/mol. The lowest BCUT2D eigenvalue weighted by atomic mass is 10.2. The Labute approximate surface area is 90.6 Å². The number of nitrogens with zero attached hydrogens (tertiary/aromatic N) is 1. The summed E-state index contributed by atoms with van der Waals surface area (Å²) in [6.07, 6.45) is 0. The van der Waals surface area contributed by atoms with Crippen LogP contribution in [0.4, 0.5) is 0 Å². The fraction of sp³-hybridized carbons (Fsp3) is 0.200. The van der Waals surface area contributed by atoms with Crippen LogP contribution in [0.2, 0.25) is 0 Å². The number of rotatable bonds is 2. The molecule has 0 saturated heterocycles. The minimum atomic E-state index is -0.566. The number of carbonyl (C=O) groups excluding carboxylic acids is 1. The van der Waals surface area contributed by atoms with Gasteiger partial charge in [0.1, 0.15) is 6.54 Å². The summed E-state index contributed by atoms with van der Waals surface area (Å²) in [4.78, 5) is 22.6. The number of hydrazine groups is 1. The molecule has 0 fully saturated rings. The van der Waals surface area contributed by atoms with E-state index in [1.165, 1.54) is 4.57 Å². The molecule has 0 aliphatic heterocycles. The lowest BCUT2D eigenvalue weighted by molar-refractivity contribution is -0.121. The molecule has 1 amide bonds. The van der Waals surface area contributed by atoms with E-state index in [1.807, 2.05) is 18.4 Å². The third kappa shape index (κ3) is 1.70. The van der Waals surface area contributed by atoms with E-state index in [4.69, 9.17) is 10.3 Å². The Bertz CT molecular complexity index is 597. The number of aromatic nitrogens is 1. The molecule has 1 heterocycles. The number of nitrogens with two attached hydrogens (primary N) is 1. The van der Waals surface area contributed by atoms with Crippen molar-refractivity contribution >= 4 is 17.0 Å². The van der Waals surface area contributed by atoms with E-state index in [0.717, 1.165) is 5.56 Å². The smallest absolute Gasteiger partial charge is 0.408 e. The van der Waals surface area contributed by atoms with E-state index in [0.29, 0.717) is 11.1 Å². The minimum absolute atomic E-state index is 0.147. The number of oxazole rings is 1. The summed E-state index contributed by atoms with van der Waals surface area (Å²) in [5.41, 5.74) is 4.00. The van der Waals surface area contributed by atoms with Gasteiger partial charge in [0.2, 0.25) is 0 Å². The first-order chi connectivity index (χ1) is 7.61. The Morgan fingerprint density at radius 1 is 1.56 bits per heavy atom. The molecule has 6 heteroatoms. The molecular weight excluding hydrogens is 210 g/mol. The van der Waals surface area contributed by atoms with E-state index < -0.39 is 11.7 Å². The number of amides is 1. The summed E-state index contributed by atoms with van der Waals surface area (Å²) in [5.74, 6) is 3.95. The van der Waals surface area contributed by atoms with Gasteiger partial charge in [-0.05, 0) is 24.6 Å². The molecule has 3 N–H and O–H groups in total. The molecule has 6 nitrogen and oxygen atoms in total. The molecule has 2 aromatic rings. The van der Waals surface area contributed by atoms with Gasteiger partial charge >= 0.3 is 5.76 Å². The number of benzene rings is 1. The van der Waals surface area contributed by atoms with Gasteiger partial charge in [-0.1, -0.05) is 6.07 Å². The second-order valence-electron chi connectivity index (χ2n) is 3.49. The summed E-state index contributed by atoms with van der Waals surface area (Å²) >= 11 is 0. The van der Waals surface area contributed by atoms with Crippen LogP contribution in [-0.4, -0.2) is 10.5 Å². The van der Waals surface area contributed by atoms with Crippen molar-refractivity contribution in [3.63, 3.8) is 0 Å². The molecule has 0 radical (unpaired) electrons. The quantitative estimate of drug-likeness (QED) is 0.420. The monoisotopic (exact) mass is 221 g/mol. The highest BCUT2D eigenvalue weighted by Gasteiger charge is 2.11. The van der Waals surface area contributed by atoms with Gasteiger partial charge < -0.3 is 4.42 Å². The largest absolute Gasteiger partial charge is 0.420 e. The van der Waals surface area contributed by atoms with Gasteiger partial charge in [-0.2, -0.15) is 0 Å². The third-order valence-corrected chi connectivity index (χ3v) is 2.29. The first kappa shape index (κ1) is 10.4. The zero-order chi connectivity index (χ0) is 11.7. The molecule has 0 aliphatic rings. The Morgan fingerprint density at radius 2 is 2.31 bits per heavy atom. The molecule has 2 rings (SSSR count). The van der Waals surface area contributed by atoms with Gasteiger partial charge in [-0.25, -0.2) is 10.6 Å². The van der Waals surface area contributed by atoms with E-state index in [-0.39, 0.29) is 6.54 Å². The van der Waals surface area contributed by atoms with E-state index in [1.54, 1.807) is 12.1 Å². The average Bonchev–Trinajstić information content (AvgIpc) is 2.55. The second-order valence-corrected chi connectivity index (χ2v) is 3.49. The molecule has 0 saturated carbocycles. The molecule has 16 heavy (non-hydrogen) atoms. The summed E-state index contributed by atoms with van der Waals surface area (Å²) in [7, 11) is 0. The molecule has 1 aromatic heterocycles. The van der Waals surface area contributed by atoms with Crippen LogP contribution in [0, 0.1) is 6.92 Å². The van der Waals surface area contributed by atoms with Crippen LogP contribution < -0.4 is 17.0 Å². The van der Waals surface area contributed by atoms with Crippen molar-refractivity contribution in [2.24, 2.45) is 5.84 Å². The summed E-state index contributed by atoms with van der Waals surface area (Å²) < 4.78 is 6.23. The van der Waals surface area contributed by atoms with Crippen LogP contribution in [0.5, 0.6) is 0 Å². The molecular formula is C10H11N3O3. The predicted octanol–water partition coefficient (Wildman–Crippen LogP) is -0.107. The lowest BCUT2D eigenvalue weighted by Gasteiger charge is -2.00. The molecule has 84 valence electrons. The van der Waals surface area contributed by atoms with Crippen molar-refractivity contribution < 1.29 is 9.21 Å². The highest BCUT2D eigenvalue weighted by atomic mass is 16.4. The second kappa shape index (κ2) is 3.82. The Hall–Kier alpha value is -2.08. The maximum Gasteiger partial charge on any atom is 0.420 e. The van der Waals surface area contributed by atoms with Crippen molar-refractivity contribution in [1.29, 1.82) is 0 Å². The number of aryl methyl sites for hydroxylation is 1. The van der Waals surface area contributed by atoms with E-state index in [9.17, 15) is 9.59 Å². The summed E-state index contributed by atoms with van der Waals surface area (Å²) in [6.45, 7) is 1.75. The maximum atomic E-state index is 11.5. The Morgan fingerprint density at radius 3 is 3.00 bits per heavy atom. The fourth-order valence-electron chi connectivity index (χ4n) is 1.51. The topological polar surface area (TPSA) is 90.3 Å². The Kier molecular flexibility index (Phi) is 2.49. The molecule has 0 atom stereocenters. The number of hydrogen-bond acceptors (Lipinski definition) is 4. The SMILES string of the molecule is Cc1ccc2oc(=O)n(CC(=O)NN)c2c1. The van der Waals surface area contributed by atoms with Gasteiger partial charge in [0.05, 0.1) is 5.52 Å². The van der Waals surface area contributed by atoms with Gasteiger partial charge in [0.25, 0.3) is 5.91 Å². The van der Waals surface area contributed by atoms with Crippen LogP contribution in [0.25, 0.3) is 11.1 Å². The van der Waals surface area contributed by atoms with Crippen molar-refractivity contribution in [3.05, 3.63) is 34.3 Å². The van der Waals surface area contributed by atoms with Gasteiger partial charge in [-0.3, -0.25) is 14.8 Å². The average molecular weight is 221 g/mol. The number of nitrogens with one attached hydrogen (secondary N) is 1. The highest BCUT2D eigenvalue weighted by molar-refractivity contribution is 5.79. The van der Waals surface area contributed by atoms with Gasteiger partial charge in [0.15, 0.2) is 5.58 Å². The first-order valence-electron chi connectivity index (χ1n) is 4.71. The Balaban J connectivity index is 2.58. The highest BCUT2D eigenvalue weighted by Crippen LogP contribution is 2.14. The van der Waals surface area contributed by atoms with Crippen molar-refractivity contribution in [2.75, 3.05) is 0 Å². The number of fused-ring (bicyclic) bond motifs is 1. The van der Waals surface area contributed by atoms with Crippen LogP contribution in [-0.2, 0) is 11.3 Å². The zero-order valence-corrected chi connectivity index (χ0v) is 8.69. The first-order valence-corrected chi connectivity index (χ1v) is 4.71. The fourth-order valence-corrected chi connectivity index (χ4v) is 1.51. The van der Waals surface area contributed by atoms with Crippen LogP contribution >= 0.6 is 0 Å². The maximum absolute atomic E-state index is 11.5. The zero-order valence-electron chi connectivity index (χ0n) is 8.69. The third-order valence-electron chi connectivity index (χ3n) is 2.29. The van der Waals surface area contributed by atoms with Crippen molar-refractivity contribution in [1.82, 2.24) is 9.99 Å². The summed E-state index contributed by atoms with van der Waals surface area (Å²) in [6, 6.07) is 5.31. The number of carbonyl (C=O) groups is 1. The van der Waals surface area contributed by atoms with Gasteiger partial charge in [0, 0.05) is 0 Å². The number of hydrogen-bond donors (Lipinski definition) is 2. The molecule has 0 bridgehead atoms. The van der Waals surface area contributed by atoms with E-state index in [2.05, 4.69) is 0 Å². The molecule has 0 spiro atoms. The molecule has 0 aliphatic carbocycles. The normalized spacial score (nSPS) is 10.6. The standard InChI is InChI=1S/C10H11N3O3/c1-6-2-3-8-7(4-6)13(10(15)16-8)5-9(14)12-11/h2-4H,5,11H2,1H3,(H,12,14). The van der Waals surface area contributed by atoms with Crippen LogP contribution in [0.3, 0.4) is 0 Å². The van der Waals surface area contributed by atoms with Crippen molar-refractivity contribution in [2.45, 2.75) is 13.5 Å². The summed E-state index contributed by atoms with van der Waals surface area (Å²) in [5, 5.41) is 0. The molecule has 1 aromatic carbocycles. The van der Waals surface area contributed by atoms with Crippen molar-refractivity contribution in [3.8, 4) is 0 Å². The van der Waals surface area contributed by atoms with Crippen LogP contribution in [0.15, 0.2) is 27.4 Å². The lowest BCUT2D eigenvalue weighted by Crippen LogP contribution is -2.35. The minimum Gasteiger partial charge on any atom is -0.408 e. The van der Waals surface area contributed by atoms with Crippen LogP contribution in [0.1, 0.15) is 5.56 Å².